The molecule has 7 nitrogen and oxygen atoms in total. The standard InChI is InChI=1S/C27H32N2O5/c1-17(2)24(14-25(30)29-13-7-8-18(15-29)26(31)32)28-27(33)34-16-23-21-11-5-3-9-19(21)20-10-4-6-12-22(20)23/h3-6,9-12,17-18,23-24H,7-8,13-16H2,1-2H3,(H,28,33)(H,31,32)/t18?,24-/m0/s1. The summed E-state index contributed by atoms with van der Waals surface area (Å²) in [6.07, 6.45) is 0.837. The lowest BCUT2D eigenvalue weighted by Crippen LogP contribution is -2.47. The Labute approximate surface area is 200 Å². The number of hydrogen-bond donors (Lipinski definition) is 2. The van der Waals surface area contributed by atoms with Crippen LogP contribution in [-0.2, 0) is 14.3 Å². The molecule has 1 aliphatic heterocycles. The third-order valence-corrected chi connectivity index (χ3v) is 6.97. The SMILES string of the molecule is CC(C)[C@H](CC(=O)N1CCCC(C(=O)O)C1)NC(=O)OCC1c2ccccc2-c2ccccc21. The number of fused-ring (bicyclic) bond motifs is 3. The number of benzene rings is 2. The number of ether oxygens (including phenoxy) is 1. The van der Waals surface area contributed by atoms with Crippen molar-refractivity contribution in [1.29, 1.82) is 0 Å². The minimum Gasteiger partial charge on any atom is -0.481 e. The van der Waals surface area contributed by atoms with Gasteiger partial charge in [-0.05, 0) is 41.0 Å². The molecule has 34 heavy (non-hydrogen) atoms. The zero-order chi connectivity index (χ0) is 24.2. The van der Waals surface area contributed by atoms with E-state index < -0.39 is 24.0 Å². The van der Waals surface area contributed by atoms with Crippen molar-refractivity contribution in [3.8, 4) is 11.1 Å². The average molecular weight is 465 g/mol. The monoisotopic (exact) mass is 464 g/mol. The van der Waals surface area contributed by atoms with Gasteiger partial charge < -0.3 is 20.1 Å². The Hall–Kier alpha value is -3.35. The van der Waals surface area contributed by atoms with E-state index in [2.05, 4.69) is 29.6 Å². The fourth-order valence-corrected chi connectivity index (χ4v) is 4.97. The summed E-state index contributed by atoms with van der Waals surface area (Å²) in [6, 6.07) is 15.9. The first-order chi connectivity index (χ1) is 16.3. The van der Waals surface area contributed by atoms with Crippen LogP contribution in [0.4, 0.5) is 4.79 Å². The summed E-state index contributed by atoms with van der Waals surface area (Å²) >= 11 is 0. The second-order valence-electron chi connectivity index (χ2n) is 9.54. The molecule has 7 heteroatoms. The summed E-state index contributed by atoms with van der Waals surface area (Å²) < 4.78 is 5.64. The second-order valence-corrected chi connectivity index (χ2v) is 9.54. The lowest BCUT2D eigenvalue weighted by Gasteiger charge is -2.32. The molecule has 0 radical (unpaired) electrons. The summed E-state index contributed by atoms with van der Waals surface area (Å²) in [6.45, 7) is 4.88. The molecule has 1 aliphatic carbocycles. The maximum atomic E-state index is 12.8. The first kappa shape index (κ1) is 23.8. The number of nitrogens with zero attached hydrogens (tertiary/aromatic N) is 1. The minimum absolute atomic E-state index is 0.0180. The van der Waals surface area contributed by atoms with Crippen molar-refractivity contribution in [2.24, 2.45) is 11.8 Å². The van der Waals surface area contributed by atoms with Crippen molar-refractivity contribution in [2.45, 2.75) is 45.1 Å². The normalized spacial score (nSPS) is 18.2. The molecule has 0 spiro atoms. The Morgan fingerprint density at radius 3 is 2.26 bits per heavy atom. The third-order valence-electron chi connectivity index (χ3n) is 6.97. The van der Waals surface area contributed by atoms with E-state index in [0.717, 1.165) is 11.1 Å². The van der Waals surface area contributed by atoms with E-state index >= 15 is 0 Å². The molecule has 4 rings (SSSR count). The number of carboxylic acid groups (broad SMARTS) is 1. The van der Waals surface area contributed by atoms with Crippen LogP contribution in [0.3, 0.4) is 0 Å². The maximum absolute atomic E-state index is 12.8. The molecule has 2 atom stereocenters. The number of carbonyl (C=O) groups is 3. The lowest BCUT2D eigenvalue weighted by molar-refractivity contribution is -0.145. The minimum atomic E-state index is -0.866. The van der Waals surface area contributed by atoms with Crippen LogP contribution in [0.2, 0.25) is 0 Å². The lowest BCUT2D eigenvalue weighted by atomic mass is 9.96. The van der Waals surface area contributed by atoms with E-state index in [1.54, 1.807) is 4.90 Å². The molecule has 1 heterocycles. The number of nitrogens with one attached hydrogen (secondary N) is 1. The van der Waals surface area contributed by atoms with Crippen molar-refractivity contribution < 1.29 is 24.2 Å². The van der Waals surface area contributed by atoms with Gasteiger partial charge in [0, 0.05) is 31.5 Å². The largest absolute Gasteiger partial charge is 0.481 e. The molecule has 0 aromatic heterocycles. The van der Waals surface area contributed by atoms with Crippen LogP contribution >= 0.6 is 0 Å². The highest BCUT2D eigenvalue weighted by Crippen LogP contribution is 2.44. The number of rotatable bonds is 7. The quantitative estimate of drug-likeness (QED) is 0.638. The first-order valence-corrected chi connectivity index (χ1v) is 12.0. The van der Waals surface area contributed by atoms with Gasteiger partial charge in [0.15, 0.2) is 0 Å². The number of alkyl carbamates (subject to hydrolysis) is 1. The highest BCUT2D eigenvalue weighted by molar-refractivity contribution is 5.80. The highest BCUT2D eigenvalue weighted by Gasteiger charge is 2.32. The maximum Gasteiger partial charge on any atom is 0.407 e. The molecule has 0 bridgehead atoms. The van der Waals surface area contributed by atoms with Crippen LogP contribution in [0.15, 0.2) is 48.5 Å². The highest BCUT2D eigenvalue weighted by atomic mass is 16.5. The molecule has 1 fully saturated rings. The van der Waals surface area contributed by atoms with E-state index in [0.29, 0.717) is 19.4 Å². The molecule has 1 unspecified atom stereocenters. The van der Waals surface area contributed by atoms with Crippen LogP contribution in [0.25, 0.3) is 11.1 Å². The van der Waals surface area contributed by atoms with Crippen molar-refractivity contribution in [1.82, 2.24) is 10.2 Å². The molecular weight excluding hydrogens is 432 g/mol. The van der Waals surface area contributed by atoms with E-state index in [9.17, 15) is 19.5 Å². The zero-order valence-electron chi connectivity index (χ0n) is 19.7. The summed E-state index contributed by atoms with van der Waals surface area (Å²) in [5.41, 5.74) is 4.62. The van der Waals surface area contributed by atoms with E-state index in [1.807, 2.05) is 38.1 Å². The average Bonchev–Trinajstić information content (AvgIpc) is 3.16. The number of piperidine rings is 1. The van der Waals surface area contributed by atoms with Gasteiger partial charge >= 0.3 is 12.1 Å². The van der Waals surface area contributed by atoms with Crippen LogP contribution in [0, 0.1) is 11.8 Å². The molecule has 1 saturated heterocycles. The number of carboxylic acids is 1. The van der Waals surface area contributed by atoms with E-state index in [-0.39, 0.29) is 37.3 Å². The third kappa shape index (κ3) is 5.08. The van der Waals surface area contributed by atoms with Gasteiger partial charge in [0.05, 0.1) is 5.92 Å². The Morgan fingerprint density at radius 1 is 1.06 bits per heavy atom. The number of carbonyl (C=O) groups excluding carboxylic acids is 2. The Morgan fingerprint density at radius 2 is 1.68 bits per heavy atom. The van der Waals surface area contributed by atoms with Gasteiger partial charge in [-0.25, -0.2) is 4.79 Å². The van der Waals surface area contributed by atoms with Crippen molar-refractivity contribution in [2.75, 3.05) is 19.7 Å². The van der Waals surface area contributed by atoms with Gasteiger partial charge in [-0.3, -0.25) is 9.59 Å². The van der Waals surface area contributed by atoms with Gasteiger partial charge in [0.25, 0.3) is 0 Å². The fraction of sp³-hybridized carbons (Fsp3) is 0.444. The number of amides is 2. The fourth-order valence-electron chi connectivity index (χ4n) is 4.97. The molecule has 2 aromatic carbocycles. The summed E-state index contributed by atoms with van der Waals surface area (Å²) in [5, 5.41) is 12.2. The van der Waals surface area contributed by atoms with Crippen molar-refractivity contribution in [3.05, 3.63) is 59.7 Å². The van der Waals surface area contributed by atoms with Gasteiger partial charge in [0.2, 0.25) is 5.91 Å². The number of hydrogen-bond acceptors (Lipinski definition) is 4. The van der Waals surface area contributed by atoms with Gasteiger partial charge in [-0.2, -0.15) is 0 Å². The smallest absolute Gasteiger partial charge is 0.407 e. The summed E-state index contributed by atoms with van der Waals surface area (Å²) in [5.74, 6) is -1.54. The zero-order valence-corrected chi connectivity index (χ0v) is 19.7. The first-order valence-electron chi connectivity index (χ1n) is 12.0. The predicted molar refractivity (Wildman–Crippen MR) is 128 cm³/mol. The molecule has 180 valence electrons. The number of likely N-dealkylation sites (tertiary alicyclic amines) is 1. The molecule has 2 aromatic rings. The summed E-state index contributed by atoms with van der Waals surface area (Å²) in [7, 11) is 0. The molecular formula is C27H32N2O5. The predicted octanol–water partition coefficient (Wildman–Crippen LogP) is 4.26. The second kappa shape index (κ2) is 10.3. The van der Waals surface area contributed by atoms with Gasteiger partial charge in [-0.1, -0.05) is 62.4 Å². The Bertz CT molecular complexity index is 1020. The van der Waals surface area contributed by atoms with E-state index in [4.69, 9.17) is 4.74 Å². The molecule has 2 N–H and O–H groups in total. The Balaban J connectivity index is 1.36. The molecule has 2 amide bonds. The van der Waals surface area contributed by atoms with Gasteiger partial charge in [0.1, 0.15) is 6.61 Å². The van der Waals surface area contributed by atoms with E-state index in [1.165, 1.54) is 11.1 Å². The summed E-state index contributed by atoms with van der Waals surface area (Å²) in [4.78, 5) is 38.5. The van der Waals surface area contributed by atoms with Crippen LogP contribution < -0.4 is 5.32 Å². The van der Waals surface area contributed by atoms with Crippen molar-refractivity contribution in [3.63, 3.8) is 0 Å². The molecule has 0 saturated carbocycles. The Kier molecular flexibility index (Phi) is 7.20. The van der Waals surface area contributed by atoms with Crippen LogP contribution in [0.1, 0.15) is 50.2 Å². The van der Waals surface area contributed by atoms with Gasteiger partial charge in [-0.15, -0.1) is 0 Å². The molecule has 2 aliphatic rings. The topological polar surface area (TPSA) is 95.9 Å². The van der Waals surface area contributed by atoms with Crippen LogP contribution in [0.5, 0.6) is 0 Å². The van der Waals surface area contributed by atoms with Crippen molar-refractivity contribution >= 4 is 18.0 Å². The van der Waals surface area contributed by atoms with Crippen LogP contribution in [-0.4, -0.2) is 53.7 Å². The number of aliphatic carboxylic acids is 1.